The zero-order valence-corrected chi connectivity index (χ0v) is 12.8. The normalized spacial score (nSPS) is 20.2. The predicted octanol–water partition coefficient (Wildman–Crippen LogP) is 3.59. The first kappa shape index (κ1) is 13.6. The summed E-state index contributed by atoms with van der Waals surface area (Å²) in [6, 6.07) is 8.03. The zero-order chi connectivity index (χ0) is 13.3. The third-order valence-electron chi connectivity index (χ3n) is 3.42. The Morgan fingerprint density at radius 3 is 2.33 bits per heavy atom. The average Bonchev–Trinajstić information content (AvgIpc) is 2.74. The Labute approximate surface area is 117 Å². The van der Waals surface area contributed by atoms with Crippen LogP contribution in [0.2, 0.25) is 0 Å². The molecule has 0 aromatic heterocycles. The predicted molar refractivity (Wildman–Crippen MR) is 78.4 cm³/mol. The van der Waals surface area contributed by atoms with Crippen molar-refractivity contribution < 1.29 is 4.79 Å². The maximum absolute atomic E-state index is 12.3. The second kappa shape index (κ2) is 5.04. The molecule has 2 nitrogen and oxygen atoms in total. The van der Waals surface area contributed by atoms with E-state index in [1.165, 1.54) is 5.56 Å². The quantitative estimate of drug-likeness (QED) is 0.726. The lowest BCUT2D eigenvalue weighted by molar-refractivity contribution is 0.0793. The van der Waals surface area contributed by atoms with Crippen molar-refractivity contribution in [3.63, 3.8) is 0 Å². The van der Waals surface area contributed by atoms with Gasteiger partial charge in [-0.3, -0.25) is 4.79 Å². The number of hydrogen-bond donors (Lipinski definition) is 0. The van der Waals surface area contributed by atoms with E-state index < -0.39 is 0 Å². The average molecular weight is 310 g/mol. The molecule has 3 heteroatoms. The Kier molecular flexibility index (Phi) is 3.81. The molecule has 1 saturated heterocycles. The first-order valence-electron chi connectivity index (χ1n) is 6.42. The molecule has 0 saturated carbocycles. The number of nitrogens with zero attached hydrogens (tertiary/aromatic N) is 1. The Balaban J connectivity index is 2.12. The van der Waals surface area contributed by atoms with Gasteiger partial charge in [0, 0.05) is 23.5 Å². The lowest BCUT2D eigenvalue weighted by Crippen LogP contribution is -2.28. The van der Waals surface area contributed by atoms with Gasteiger partial charge in [0.1, 0.15) is 0 Å². The van der Waals surface area contributed by atoms with Crippen LogP contribution in [0.1, 0.15) is 43.1 Å². The third kappa shape index (κ3) is 2.94. The fourth-order valence-electron chi connectivity index (χ4n) is 2.20. The summed E-state index contributed by atoms with van der Waals surface area (Å²) in [6.45, 7) is 8.22. The van der Waals surface area contributed by atoms with Crippen LogP contribution < -0.4 is 0 Å². The molecule has 1 amide bonds. The highest BCUT2D eigenvalue weighted by Crippen LogP contribution is 2.23. The number of hydrogen-bond acceptors (Lipinski definition) is 1. The molecule has 1 heterocycles. The molecule has 0 N–H and O–H groups in total. The van der Waals surface area contributed by atoms with Crippen LogP contribution in [-0.2, 0) is 5.41 Å². The van der Waals surface area contributed by atoms with E-state index in [2.05, 4.69) is 48.8 Å². The fourth-order valence-corrected chi connectivity index (χ4v) is 2.75. The maximum atomic E-state index is 12.3. The fraction of sp³-hybridized carbons (Fsp3) is 0.533. The second-order valence-electron chi connectivity index (χ2n) is 5.96. The SMILES string of the molecule is CC(C)(C)c1ccc(C(=O)N2CCC(Br)C2)cc1. The lowest BCUT2D eigenvalue weighted by Gasteiger charge is -2.20. The molecular weight excluding hydrogens is 290 g/mol. The van der Waals surface area contributed by atoms with E-state index in [0.717, 1.165) is 25.1 Å². The van der Waals surface area contributed by atoms with Crippen LogP contribution in [0.4, 0.5) is 0 Å². The van der Waals surface area contributed by atoms with Crippen LogP contribution in [0.25, 0.3) is 0 Å². The van der Waals surface area contributed by atoms with Gasteiger partial charge in [-0.15, -0.1) is 0 Å². The van der Waals surface area contributed by atoms with E-state index in [9.17, 15) is 4.79 Å². The number of rotatable bonds is 1. The largest absolute Gasteiger partial charge is 0.337 e. The minimum atomic E-state index is 0.135. The van der Waals surface area contributed by atoms with Gasteiger partial charge in [-0.05, 0) is 29.5 Å². The summed E-state index contributed by atoms with van der Waals surface area (Å²) in [6.07, 6.45) is 1.05. The number of likely N-dealkylation sites (tertiary alicyclic amines) is 1. The topological polar surface area (TPSA) is 20.3 Å². The third-order valence-corrected chi connectivity index (χ3v) is 4.16. The summed E-state index contributed by atoms with van der Waals surface area (Å²) in [4.78, 5) is 14.6. The molecule has 98 valence electrons. The Morgan fingerprint density at radius 1 is 1.28 bits per heavy atom. The summed E-state index contributed by atoms with van der Waals surface area (Å²) >= 11 is 3.56. The number of halogens is 1. The zero-order valence-electron chi connectivity index (χ0n) is 11.2. The molecular formula is C15H20BrNO. The van der Waals surface area contributed by atoms with Crippen molar-refractivity contribution in [3.8, 4) is 0 Å². The molecule has 1 aromatic rings. The van der Waals surface area contributed by atoms with E-state index in [0.29, 0.717) is 4.83 Å². The number of benzene rings is 1. The standard InChI is InChI=1S/C15H20BrNO/c1-15(2,3)12-6-4-11(5-7-12)14(18)17-9-8-13(16)10-17/h4-7,13H,8-10H2,1-3H3. The molecule has 1 aliphatic heterocycles. The maximum Gasteiger partial charge on any atom is 0.253 e. The molecule has 0 radical (unpaired) electrons. The molecule has 1 fully saturated rings. The van der Waals surface area contributed by atoms with E-state index in [4.69, 9.17) is 0 Å². The van der Waals surface area contributed by atoms with Gasteiger partial charge < -0.3 is 4.90 Å². The first-order valence-corrected chi connectivity index (χ1v) is 7.33. The Hall–Kier alpha value is -0.830. The van der Waals surface area contributed by atoms with E-state index in [1.54, 1.807) is 0 Å². The van der Waals surface area contributed by atoms with E-state index >= 15 is 0 Å². The highest BCUT2D eigenvalue weighted by atomic mass is 79.9. The van der Waals surface area contributed by atoms with Gasteiger partial charge in [0.05, 0.1) is 0 Å². The molecule has 1 unspecified atom stereocenters. The van der Waals surface area contributed by atoms with Crippen LogP contribution in [0.3, 0.4) is 0 Å². The smallest absolute Gasteiger partial charge is 0.253 e. The van der Waals surface area contributed by atoms with Crippen LogP contribution in [0.15, 0.2) is 24.3 Å². The molecule has 1 aliphatic rings. The molecule has 2 rings (SSSR count). The highest BCUT2D eigenvalue weighted by molar-refractivity contribution is 9.09. The van der Waals surface area contributed by atoms with Gasteiger partial charge in [-0.2, -0.15) is 0 Å². The van der Waals surface area contributed by atoms with Crippen molar-refractivity contribution in [3.05, 3.63) is 35.4 Å². The van der Waals surface area contributed by atoms with E-state index in [1.807, 2.05) is 17.0 Å². The van der Waals surface area contributed by atoms with Crippen molar-refractivity contribution in [2.24, 2.45) is 0 Å². The van der Waals surface area contributed by atoms with Crippen LogP contribution in [-0.4, -0.2) is 28.7 Å². The first-order chi connectivity index (χ1) is 8.38. The van der Waals surface area contributed by atoms with Crippen LogP contribution in [0.5, 0.6) is 0 Å². The summed E-state index contributed by atoms with van der Waals surface area (Å²) in [5.41, 5.74) is 2.19. The van der Waals surface area contributed by atoms with Gasteiger partial charge in [-0.25, -0.2) is 0 Å². The minimum absolute atomic E-state index is 0.135. The summed E-state index contributed by atoms with van der Waals surface area (Å²) in [5, 5.41) is 0. The Morgan fingerprint density at radius 2 is 1.89 bits per heavy atom. The van der Waals surface area contributed by atoms with Crippen LogP contribution in [0, 0.1) is 0 Å². The van der Waals surface area contributed by atoms with Crippen molar-refractivity contribution in [2.45, 2.75) is 37.4 Å². The van der Waals surface area contributed by atoms with Gasteiger partial charge >= 0.3 is 0 Å². The monoisotopic (exact) mass is 309 g/mol. The van der Waals surface area contributed by atoms with Gasteiger partial charge in [0.15, 0.2) is 0 Å². The lowest BCUT2D eigenvalue weighted by atomic mass is 9.86. The van der Waals surface area contributed by atoms with E-state index in [-0.39, 0.29) is 11.3 Å². The Bertz CT molecular complexity index is 433. The number of carbonyl (C=O) groups excluding carboxylic acids is 1. The van der Waals surface area contributed by atoms with Gasteiger partial charge in [-0.1, -0.05) is 48.8 Å². The molecule has 0 spiro atoms. The molecule has 18 heavy (non-hydrogen) atoms. The van der Waals surface area contributed by atoms with Gasteiger partial charge in [0.25, 0.3) is 5.91 Å². The summed E-state index contributed by atoms with van der Waals surface area (Å²) in [5.74, 6) is 0.150. The molecule has 0 bridgehead atoms. The van der Waals surface area contributed by atoms with Crippen molar-refractivity contribution in [2.75, 3.05) is 13.1 Å². The van der Waals surface area contributed by atoms with Crippen molar-refractivity contribution in [1.82, 2.24) is 4.90 Å². The number of carbonyl (C=O) groups is 1. The number of alkyl halides is 1. The van der Waals surface area contributed by atoms with Gasteiger partial charge in [0.2, 0.25) is 0 Å². The van der Waals surface area contributed by atoms with Crippen LogP contribution >= 0.6 is 15.9 Å². The number of amides is 1. The second-order valence-corrected chi connectivity index (χ2v) is 7.26. The molecule has 1 atom stereocenters. The summed E-state index contributed by atoms with van der Waals surface area (Å²) < 4.78 is 0. The molecule has 1 aromatic carbocycles. The molecule has 0 aliphatic carbocycles. The van der Waals surface area contributed by atoms with Crippen molar-refractivity contribution in [1.29, 1.82) is 0 Å². The van der Waals surface area contributed by atoms with Crippen molar-refractivity contribution >= 4 is 21.8 Å². The minimum Gasteiger partial charge on any atom is -0.337 e. The highest BCUT2D eigenvalue weighted by Gasteiger charge is 2.25. The summed E-state index contributed by atoms with van der Waals surface area (Å²) in [7, 11) is 0.